The SMILES string of the molecule is CCN(CC)CCNC(=O)NCc1ccc(OC)cc1. The third-order valence-electron chi connectivity index (χ3n) is 3.22. The van der Waals surface area contributed by atoms with Crippen molar-refractivity contribution in [2.45, 2.75) is 20.4 Å². The van der Waals surface area contributed by atoms with Gasteiger partial charge in [0.2, 0.25) is 0 Å². The number of nitrogens with zero attached hydrogens (tertiary/aromatic N) is 1. The quantitative estimate of drug-likeness (QED) is 0.763. The van der Waals surface area contributed by atoms with Crippen molar-refractivity contribution >= 4 is 6.03 Å². The Kier molecular flexibility index (Phi) is 7.50. The number of benzene rings is 1. The Bertz CT molecular complexity index is 389. The van der Waals surface area contributed by atoms with Crippen LogP contribution in [0.5, 0.6) is 5.75 Å². The molecule has 0 aliphatic heterocycles. The maximum Gasteiger partial charge on any atom is 0.315 e. The Labute approximate surface area is 121 Å². The molecule has 2 amide bonds. The van der Waals surface area contributed by atoms with Crippen molar-refractivity contribution in [3.05, 3.63) is 29.8 Å². The van der Waals surface area contributed by atoms with E-state index in [9.17, 15) is 4.79 Å². The van der Waals surface area contributed by atoms with Crippen LogP contribution in [0.25, 0.3) is 0 Å². The highest BCUT2D eigenvalue weighted by Crippen LogP contribution is 2.10. The summed E-state index contributed by atoms with van der Waals surface area (Å²) in [6.07, 6.45) is 0. The molecule has 0 aromatic heterocycles. The first-order chi connectivity index (χ1) is 9.69. The topological polar surface area (TPSA) is 53.6 Å². The lowest BCUT2D eigenvalue weighted by atomic mass is 10.2. The van der Waals surface area contributed by atoms with Crippen molar-refractivity contribution in [1.82, 2.24) is 15.5 Å². The number of carbonyl (C=O) groups excluding carboxylic acids is 1. The molecule has 112 valence electrons. The maximum absolute atomic E-state index is 11.6. The van der Waals surface area contributed by atoms with Crippen molar-refractivity contribution < 1.29 is 9.53 Å². The van der Waals surface area contributed by atoms with Crippen molar-refractivity contribution in [2.24, 2.45) is 0 Å². The third kappa shape index (κ3) is 5.93. The average molecular weight is 279 g/mol. The lowest BCUT2D eigenvalue weighted by Crippen LogP contribution is -2.40. The minimum Gasteiger partial charge on any atom is -0.497 e. The van der Waals surface area contributed by atoms with Crippen LogP contribution < -0.4 is 15.4 Å². The molecule has 0 bridgehead atoms. The summed E-state index contributed by atoms with van der Waals surface area (Å²) in [4.78, 5) is 13.9. The number of likely N-dealkylation sites (N-methyl/N-ethyl adjacent to an activating group) is 1. The average Bonchev–Trinajstić information content (AvgIpc) is 2.50. The molecule has 0 saturated heterocycles. The largest absolute Gasteiger partial charge is 0.497 e. The molecular formula is C15H25N3O2. The van der Waals surface area contributed by atoms with Crippen LogP contribution in [-0.2, 0) is 6.54 Å². The molecule has 20 heavy (non-hydrogen) atoms. The Balaban J connectivity index is 2.22. The third-order valence-corrected chi connectivity index (χ3v) is 3.22. The number of ether oxygens (including phenoxy) is 1. The second-order valence-electron chi connectivity index (χ2n) is 4.48. The molecule has 0 aliphatic rings. The van der Waals surface area contributed by atoms with Gasteiger partial charge in [-0.2, -0.15) is 0 Å². The number of hydrogen-bond donors (Lipinski definition) is 2. The molecule has 5 nitrogen and oxygen atoms in total. The van der Waals surface area contributed by atoms with E-state index in [0.29, 0.717) is 13.1 Å². The summed E-state index contributed by atoms with van der Waals surface area (Å²) in [5.74, 6) is 0.817. The van der Waals surface area contributed by atoms with Gasteiger partial charge in [-0.1, -0.05) is 26.0 Å². The first-order valence-corrected chi connectivity index (χ1v) is 7.06. The number of methoxy groups -OCH3 is 1. The number of amides is 2. The van der Waals surface area contributed by atoms with E-state index in [4.69, 9.17) is 4.74 Å². The number of nitrogens with one attached hydrogen (secondary N) is 2. The van der Waals surface area contributed by atoms with E-state index in [0.717, 1.165) is 30.9 Å². The second-order valence-corrected chi connectivity index (χ2v) is 4.48. The van der Waals surface area contributed by atoms with Gasteiger partial charge in [-0.15, -0.1) is 0 Å². The molecule has 0 radical (unpaired) electrons. The number of rotatable bonds is 8. The summed E-state index contributed by atoms with van der Waals surface area (Å²) >= 11 is 0. The molecule has 1 rings (SSSR count). The fraction of sp³-hybridized carbons (Fsp3) is 0.533. The predicted octanol–water partition coefficient (Wildman–Crippen LogP) is 1.84. The molecule has 0 heterocycles. The lowest BCUT2D eigenvalue weighted by Gasteiger charge is -2.18. The highest BCUT2D eigenvalue weighted by molar-refractivity contribution is 5.73. The van der Waals surface area contributed by atoms with E-state index in [1.54, 1.807) is 7.11 Å². The first kappa shape index (κ1) is 16.3. The monoisotopic (exact) mass is 279 g/mol. The summed E-state index contributed by atoms with van der Waals surface area (Å²) in [5.41, 5.74) is 1.05. The van der Waals surface area contributed by atoms with E-state index >= 15 is 0 Å². The van der Waals surface area contributed by atoms with Gasteiger partial charge in [-0.3, -0.25) is 0 Å². The first-order valence-electron chi connectivity index (χ1n) is 7.06. The molecule has 0 unspecified atom stereocenters. The normalized spacial score (nSPS) is 10.4. The van der Waals surface area contributed by atoms with Crippen LogP contribution in [0.4, 0.5) is 4.79 Å². The highest BCUT2D eigenvalue weighted by atomic mass is 16.5. The van der Waals surface area contributed by atoms with E-state index in [2.05, 4.69) is 29.4 Å². The molecule has 0 atom stereocenters. The molecule has 0 spiro atoms. The zero-order valence-electron chi connectivity index (χ0n) is 12.6. The van der Waals surface area contributed by atoms with Gasteiger partial charge >= 0.3 is 6.03 Å². The van der Waals surface area contributed by atoms with Gasteiger partial charge in [0.15, 0.2) is 0 Å². The van der Waals surface area contributed by atoms with Crippen molar-refractivity contribution in [3.8, 4) is 5.75 Å². The van der Waals surface area contributed by atoms with Gasteiger partial charge in [0, 0.05) is 19.6 Å². The number of hydrogen-bond acceptors (Lipinski definition) is 3. The summed E-state index contributed by atoms with van der Waals surface area (Å²) < 4.78 is 5.09. The van der Waals surface area contributed by atoms with E-state index in [1.807, 2.05) is 24.3 Å². The predicted molar refractivity (Wildman–Crippen MR) is 81.0 cm³/mol. The van der Waals surface area contributed by atoms with Crippen LogP contribution in [0.3, 0.4) is 0 Å². The van der Waals surface area contributed by atoms with E-state index in [-0.39, 0.29) is 6.03 Å². The summed E-state index contributed by atoms with van der Waals surface area (Å²) in [6, 6.07) is 7.52. The summed E-state index contributed by atoms with van der Waals surface area (Å²) in [6.45, 7) is 8.30. The summed E-state index contributed by atoms with van der Waals surface area (Å²) in [7, 11) is 1.64. The van der Waals surface area contributed by atoms with Crippen LogP contribution >= 0.6 is 0 Å². The van der Waals surface area contributed by atoms with E-state index in [1.165, 1.54) is 0 Å². The number of urea groups is 1. The second kappa shape index (κ2) is 9.20. The van der Waals surface area contributed by atoms with Gasteiger partial charge in [0.1, 0.15) is 5.75 Å². The minimum absolute atomic E-state index is 0.132. The van der Waals surface area contributed by atoms with Crippen molar-refractivity contribution in [3.63, 3.8) is 0 Å². The van der Waals surface area contributed by atoms with E-state index < -0.39 is 0 Å². The van der Waals surface area contributed by atoms with Crippen LogP contribution in [-0.4, -0.2) is 44.2 Å². The zero-order valence-corrected chi connectivity index (χ0v) is 12.6. The maximum atomic E-state index is 11.6. The Morgan fingerprint density at radius 3 is 2.35 bits per heavy atom. The molecule has 0 fully saturated rings. The Morgan fingerprint density at radius 1 is 1.15 bits per heavy atom. The minimum atomic E-state index is -0.132. The number of carbonyl (C=O) groups is 1. The lowest BCUT2D eigenvalue weighted by molar-refractivity contribution is 0.236. The van der Waals surface area contributed by atoms with Crippen molar-refractivity contribution in [1.29, 1.82) is 0 Å². The molecule has 0 saturated carbocycles. The fourth-order valence-electron chi connectivity index (χ4n) is 1.86. The van der Waals surface area contributed by atoms with Gasteiger partial charge in [0.25, 0.3) is 0 Å². The van der Waals surface area contributed by atoms with Crippen LogP contribution in [0, 0.1) is 0 Å². The molecule has 0 aliphatic carbocycles. The Morgan fingerprint density at radius 2 is 1.80 bits per heavy atom. The smallest absolute Gasteiger partial charge is 0.315 e. The van der Waals surface area contributed by atoms with Crippen LogP contribution in [0.15, 0.2) is 24.3 Å². The van der Waals surface area contributed by atoms with Crippen LogP contribution in [0.2, 0.25) is 0 Å². The van der Waals surface area contributed by atoms with Gasteiger partial charge in [0.05, 0.1) is 7.11 Å². The van der Waals surface area contributed by atoms with Gasteiger partial charge in [-0.25, -0.2) is 4.79 Å². The van der Waals surface area contributed by atoms with Gasteiger partial charge < -0.3 is 20.3 Å². The standard InChI is InChI=1S/C15H25N3O2/c1-4-18(5-2)11-10-16-15(19)17-12-13-6-8-14(20-3)9-7-13/h6-9H,4-5,10-12H2,1-3H3,(H2,16,17,19). The molecule has 1 aromatic carbocycles. The summed E-state index contributed by atoms with van der Waals surface area (Å²) in [5, 5.41) is 5.69. The molecule has 1 aromatic rings. The molecule has 2 N–H and O–H groups in total. The molecule has 5 heteroatoms. The van der Waals surface area contributed by atoms with Gasteiger partial charge in [-0.05, 0) is 30.8 Å². The fourth-order valence-corrected chi connectivity index (χ4v) is 1.86. The van der Waals surface area contributed by atoms with Crippen LogP contribution in [0.1, 0.15) is 19.4 Å². The zero-order chi connectivity index (χ0) is 14.8. The Hall–Kier alpha value is -1.75. The highest BCUT2D eigenvalue weighted by Gasteiger charge is 2.02. The molecular weight excluding hydrogens is 254 g/mol. The van der Waals surface area contributed by atoms with Crippen molar-refractivity contribution in [2.75, 3.05) is 33.3 Å².